The second kappa shape index (κ2) is 5.20. The Kier molecular flexibility index (Phi) is 4.88. The van der Waals surface area contributed by atoms with Gasteiger partial charge in [0.25, 0.3) is 0 Å². The predicted octanol–water partition coefficient (Wildman–Crippen LogP) is -0.142. The summed E-state index contributed by atoms with van der Waals surface area (Å²) in [7, 11) is 0. The van der Waals surface area contributed by atoms with Crippen LogP contribution in [0.15, 0.2) is 0 Å². The van der Waals surface area contributed by atoms with Crippen molar-refractivity contribution in [2.45, 2.75) is 19.4 Å². The lowest BCUT2D eigenvalue weighted by Crippen LogP contribution is -2.27. The number of carboxylic acid groups (broad SMARTS) is 1. The van der Waals surface area contributed by atoms with Gasteiger partial charge in [-0.15, -0.1) is 0 Å². The number of aliphatic hydroxyl groups is 1. The SMILES string of the molecule is CCCOC(CO)C(=O)O. The van der Waals surface area contributed by atoms with E-state index in [4.69, 9.17) is 14.9 Å². The molecule has 4 nitrogen and oxygen atoms in total. The summed E-state index contributed by atoms with van der Waals surface area (Å²) in [6.07, 6.45) is -0.302. The maximum absolute atomic E-state index is 10.2. The second-order valence-electron chi connectivity index (χ2n) is 1.88. The molecule has 0 rings (SSSR count). The summed E-state index contributed by atoms with van der Waals surface area (Å²) in [4.78, 5) is 10.2. The summed E-state index contributed by atoms with van der Waals surface area (Å²) in [6, 6.07) is 0. The Morgan fingerprint density at radius 1 is 1.70 bits per heavy atom. The topological polar surface area (TPSA) is 66.8 Å². The van der Waals surface area contributed by atoms with Crippen LogP contribution in [0.25, 0.3) is 0 Å². The number of ether oxygens (including phenoxy) is 1. The lowest BCUT2D eigenvalue weighted by molar-refractivity contribution is -0.152. The van der Waals surface area contributed by atoms with Gasteiger partial charge in [0.05, 0.1) is 6.61 Å². The number of aliphatic hydroxyl groups excluding tert-OH is 1. The molecule has 4 heteroatoms. The van der Waals surface area contributed by atoms with E-state index in [1.165, 1.54) is 0 Å². The summed E-state index contributed by atoms with van der Waals surface area (Å²) >= 11 is 0. The third-order valence-corrected chi connectivity index (χ3v) is 0.964. The second-order valence-corrected chi connectivity index (χ2v) is 1.88. The van der Waals surface area contributed by atoms with Crippen LogP contribution in [0.1, 0.15) is 13.3 Å². The molecule has 0 aromatic carbocycles. The minimum atomic E-state index is -1.11. The Balaban J connectivity index is 3.50. The molecule has 0 bridgehead atoms. The number of hydrogen-bond acceptors (Lipinski definition) is 3. The highest BCUT2D eigenvalue weighted by molar-refractivity contribution is 5.72. The van der Waals surface area contributed by atoms with Crippen molar-refractivity contribution in [2.75, 3.05) is 13.2 Å². The molecule has 0 aliphatic carbocycles. The number of hydrogen-bond donors (Lipinski definition) is 2. The molecule has 0 aliphatic rings. The summed E-state index contributed by atoms with van der Waals surface area (Å²) in [5, 5.41) is 16.7. The van der Waals surface area contributed by atoms with Gasteiger partial charge in [-0.1, -0.05) is 6.92 Å². The molecular formula is C6H12O4. The van der Waals surface area contributed by atoms with E-state index in [0.717, 1.165) is 6.42 Å². The van der Waals surface area contributed by atoms with Gasteiger partial charge in [-0.05, 0) is 6.42 Å². The minimum absolute atomic E-state index is 0.373. The van der Waals surface area contributed by atoms with Gasteiger partial charge >= 0.3 is 5.97 Å². The Morgan fingerprint density at radius 2 is 2.30 bits per heavy atom. The third kappa shape index (κ3) is 3.42. The lowest BCUT2D eigenvalue weighted by Gasteiger charge is -2.08. The molecule has 0 radical (unpaired) electrons. The van der Waals surface area contributed by atoms with Crippen LogP contribution in [0.2, 0.25) is 0 Å². The van der Waals surface area contributed by atoms with Crippen molar-refractivity contribution < 1.29 is 19.7 Å². The predicted molar refractivity (Wildman–Crippen MR) is 34.8 cm³/mol. The molecule has 0 heterocycles. The smallest absolute Gasteiger partial charge is 0.335 e. The zero-order valence-corrected chi connectivity index (χ0v) is 5.91. The lowest BCUT2D eigenvalue weighted by atomic mass is 10.4. The summed E-state index contributed by atoms with van der Waals surface area (Å²) < 4.78 is 4.75. The molecule has 0 saturated heterocycles. The Hall–Kier alpha value is -0.610. The fourth-order valence-corrected chi connectivity index (χ4v) is 0.462. The van der Waals surface area contributed by atoms with Crippen LogP contribution in [0, 0.1) is 0 Å². The van der Waals surface area contributed by atoms with Gasteiger partial charge in [0, 0.05) is 6.61 Å². The first-order valence-electron chi connectivity index (χ1n) is 3.17. The maximum atomic E-state index is 10.2. The van der Waals surface area contributed by atoms with Gasteiger partial charge in [0.2, 0.25) is 0 Å². The standard InChI is InChI=1S/C6H12O4/c1-2-3-10-5(4-7)6(8)9/h5,7H,2-4H2,1H3,(H,8,9). The highest BCUT2D eigenvalue weighted by Gasteiger charge is 2.15. The van der Waals surface area contributed by atoms with Crippen LogP contribution in [-0.4, -0.2) is 35.5 Å². The van der Waals surface area contributed by atoms with Crippen LogP contribution in [0.4, 0.5) is 0 Å². The van der Waals surface area contributed by atoms with E-state index < -0.39 is 18.7 Å². The monoisotopic (exact) mass is 148 g/mol. The van der Waals surface area contributed by atoms with Crippen LogP contribution >= 0.6 is 0 Å². The van der Waals surface area contributed by atoms with Crippen molar-refractivity contribution in [3.05, 3.63) is 0 Å². The zero-order valence-electron chi connectivity index (χ0n) is 5.91. The Morgan fingerprint density at radius 3 is 2.60 bits per heavy atom. The van der Waals surface area contributed by atoms with Gasteiger partial charge in [-0.25, -0.2) is 4.79 Å². The fraction of sp³-hybridized carbons (Fsp3) is 0.833. The van der Waals surface area contributed by atoms with E-state index in [-0.39, 0.29) is 0 Å². The van der Waals surface area contributed by atoms with Crippen LogP contribution in [-0.2, 0) is 9.53 Å². The maximum Gasteiger partial charge on any atom is 0.335 e. The van der Waals surface area contributed by atoms with Crippen molar-refractivity contribution in [1.29, 1.82) is 0 Å². The molecule has 0 amide bonds. The Bertz CT molecular complexity index is 102. The van der Waals surface area contributed by atoms with Gasteiger partial charge in [0.15, 0.2) is 6.10 Å². The third-order valence-electron chi connectivity index (χ3n) is 0.964. The van der Waals surface area contributed by atoms with Crippen LogP contribution < -0.4 is 0 Å². The number of aliphatic carboxylic acids is 1. The van der Waals surface area contributed by atoms with Crippen molar-refractivity contribution in [2.24, 2.45) is 0 Å². The van der Waals surface area contributed by atoms with Crippen LogP contribution in [0.3, 0.4) is 0 Å². The first-order valence-corrected chi connectivity index (χ1v) is 3.17. The average Bonchev–Trinajstić information content (AvgIpc) is 1.89. The largest absolute Gasteiger partial charge is 0.479 e. The van der Waals surface area contributed by atoms with Gasteiger partial charge < -0.3 is 14.9 Å². The van der Waals surface area contributed by atoms with Gasteiger partial charge in [-0.2, -0.15) is 0 Å². The quantitative estimate of drug-likeness (QED) is 0.569. The molecule has 0 aromatic rings. The summed E-state index contributed by atoms with van der Waals surface area (Å²) in [5.41, 5.74) is 0. The first kappa shape index (κ1) is 9.39. The van der Waals surface area contributed by atoms with E-state index >= 15 is 0 Å². The molecule has 0 aromatic heterocycles. The molecule has 10 heavy (non-hydrogen) atoms. The molecule has 0 aliphatic heterocycles. The van der Waals surface area contributed by atoms with E-state index in [1.54, 1.807) is 0 Å². The van der Waals surface area contributed by atoms with Crippen molar-refractivity contribution >= 4 is 5.97 Å². The molecule has 60 valence electrons. The number of carbonyl (C=O) groups is 1. The van der Waals surface area contributed by atoms with Gasteiger partial charge in [0.1, 0.15) is 0 Å². The normalized spacial score (nSPS) is 13.0. The van der Waals surface area contributed by atoms with E-state index in [9.17, 15) is 4.79 Å². The summed E-state index contributed by atoms with van der Waals surface area (Å²) in [6.45, 7) is 1.78. The highest BCUT2D eigenvalue weighted by atomic mass is 16.5. The summed E-state index contributed by atoms with van der Waals surface area (Å²) in [5.74, 6) is -1.11. The highest BCUT2D eigenvalue weighted by Crippen LogP contribution is 1.91. The molecule has 0 saturated carbocycles. The Labute approximate surface area is 59.4 Å². The number of carboxylic acids is 1. The van der Waals surface area contributed by atoms with Crippen LogP contribution in [0.5, 0.6) is 0 Å². The van der Waals surface area contributed by atoms with E-state index in [0.29, 0.717) is 6.61 Å². The molecule has 0 spiro atoms. The number of rotatable bonds is 5. The van der Waals surface area contributed by atoms with Crippen molar-refractivity contribution in [3.63, 3.8) is 0 Å². The molecule has 0 fully saturated rings. The molecule has 1 atom stereocenters. The van der Waals surface area contributed by atoms with Crippen molar-refractivity contribution in [1.82, 2.24) is 0 Å². The van der Waals surface area contributed by atoms with Gasteiger partial charge in [-0.3, -0.25) is 0 Å². The molecule has 2 N–H and O–H groups in total. The van der Waals surface area contributed by atoms with E-state index in [2.05, 4.69) is 0 Å². The fourth-order valence-electron chi connectivity index (χ4n) is 0.462. The zero-order chi connectivity index (χ0) is 7.98. The minimum Gasteiger partial charge on any atom is -0.479 e. The average molecular weight is 148 g/mol. The molecular weight excluding hydrogens is 136 g/mol. The van der Waals surface area contributed by atoms with Crippen molar-refractivity contribution in [3.8, 4) is 0 Å². The first-order chi connectivity index (χ1) is 4.72. The molecule has 1 unspecified atom stereocenters. The van der Waals surface area contributed by atoms with E-state index in [1.807, 2.05) is 6.92 Å².